The topological polar surface area (TPSA) is 67.6 Å². The van der Waals surface area contributed by atoms with Gasteiger partial charge in [0.1, 0.15) is 5.92 Å². The second kappa shape index (κ2) is 5.91. The molecule has 6 nitrogen and oxygen atoms in total. The second-order valence-electron chi connectivity index (χ2n) is 6.94. The summed E-state index contributed by atoms with van der Waals surface area (Å²) in [7, 11) is 1.41. The highest BCUT2D eigenvalue weighted by molar-refractivity contribution is 5.77. The summed E-state index contributed by atoms with van der Waals surface area (Å²) in [4.78, 5) is 14.2. The zero-order valence-electron chi connectivity index (χ0n) is 13.6. The lowest BCUT2D eigenvalue weighted by Gasteiger charge is -2.52. The van der Waals surface area contributed by atoms with E-state index in [1.807, 2.05) is 19.9 Å². The quantitative estimate of drug-likeness (QED) is 0.855. The number of methoxy groups -OCH3 is 1. The Hall–Kier alpha value is -1.56. The minimum atomic E-state index is -0.389. The van der Waals surface area contributed by atoms with Crippen molar-refractivity contribution in [3.05, 3.63) is 11.8 Å². The van der Waals surface area contributed by atoms with Crippen molar-refractivity contribution in [2.45, 2.75) is 32.6 Å². The van der Waals surface area contributed by atoms with E-state index in [4.69, 9.17) is 9.26 Å². The highest BCUT2D eigenvalue weighted by Gasteiger charge is 2.44. The lowest BCUT2D eigenvalue weighted by molar-refractivity contribution is -0.144. The molecule has 2 aliphatic heterocycles. The molecule has 2 fully saturated rings. The summed E-state index contributed by atoms with van der Waals surface area (Å²) < 4.78 is 10.3. The number of esters is 1. The molecule has 3 rings (SSSR count). The van der Waals surface area contributed by atoms with Gasteiger partial charge in [-0.2, -0.15) is 0 Å². The third-order valence-corrected chi connectivity index (χ3v) is 4.99. The summed E-state index contributed by atoms with van der Waals surface area (Å²) in [5.41, 5.74) is 0.449. The van der Waals surface area contributed by atoms with Crippen LogP contribution >= 0.6 is 0 Å². The van der Waals surface area contributed by atoms with Gasteiger partial charge in [0.2, 0.25) is 0 Å². The van der Waals surface area contributed by atoms with Gasteiger partial charge in [-0.15, -0.1) is 0 Å². The van der Waals surface area contributed by atoms with Crippen molar-refractivity contribution in [1.29, 1.82) is 0 Å². The highest BCUT2D eigenvalue weighted by atomic mass is 16.5. The van der Waals surface area contributed by atoms with Crippen LogP contribution in [0.4, 0.5) is 5.82 Å². The van der Waals surface area contributed by atoms with Gasteiger partial charge in [0.05, 0.1) is 7.11 Å². The van der Waals surface area contributed by atoms with Crippen LogP contribution in [-0.2, 0) is 9.53 Å². The number of rotatable bonds is 4. The van der Waals surface area contributed by atoms with Gasteiger partial charge < -0.3 is 19.5 Å². The van der Waals surface area contributed by atoms with E-state index in [0.717, 1.165) is 32.0 Å². The molecule has 0 bridgehead atoms. The Labute approximate surface area is 131 Å². The first-order chi connectivity index (χ1) is 10.5. The Balaban J connectivity index is 1.68. The van der Waals surface area contributed by atoms with Crippen molar-refractivity contribution in [1.82, 2.24) is 10.5 Å². The van der Waals surface area contributed by atoms with E-state index >= 15 is 0 Å². The lowest BCUT2D eigenvalue weighted by Crippen LogP contribution is -2.60. The molecule has 0 aliphatic carbocycles. The van der Waals surface area contributed by atoms with Crippen molar-refractivity contribution in [3.63, 3.8) is 0 Å². The van der Waals surface area contributed by atoms with Gasteiger partial charge in [-0.05, 0) is 31.8 Å². The summed E-state index contributed by atoms with van der Waals surface area (Å²) in [6.07, 6.45) is 2.45. The van der Waals surface area contributed by atoms with Gasteiger partial charge in [0.15, 0.2) is 11.6 Å². The highest BCUT2D eigenvalue weighted by Crippen LogP contribution is 2.41. The van der Waals surface area contributed by atoms with E-state index in [2.05, 4.69) is 15.4 Å². The zero-order chi connectivity index (χ0) is 15.7. The van der Waals surface area contributed by atoms with Crippen LogP contribution < -0.4 is 10.2 Å². The van der Waals surface area contributed by atoms with E-state index in [0.29, 0.717) is 11.2 Å². The van der Waals surface area contributed by atoms with Gasteiger partial charge >= 0.3 is 5.97 Å². The number of nitrogens with one attached hydrogen (secondary N) is 1. The first-order valence-electron chi connectivity index (χ1n) is 8.05. The predicted octanol–water partition coefficient (Wildman–Crippen LogP) is 1.78. The third kappa shape index (κ3) is 2.72. The SMILES string of the molecule is COC(=O)C(c1cc(N2CC3(CCNCC3)C2)no1)C(C)C. The molecule has 122 valence electrons. The molecular weight excluding hydrogens is 282 g/mol. The number of hydrogen-bond donors (Lipinski definition) is 1. The number of nitrogens with zero attached hydrogens (tertiary/aromatic N) is 2. The maximum atomic E-state index is 11.9. The summed E-state index contributed by atoms with van der Waals surface area (Å²) >= 11 is 0. The van der Waals surface area contributed by atoms with Gasteiger partial charge in [-0.1, -0.05) is 19.0 Å². The van der Waals surface area contributed by atoms with Gasteiger partial charge in [0, 0.05) is 24.6 Å². The number of hydrogen-bond acceptors (Lipinski definition) is 6. The molecule has 1 aromatic rings. The molecule has 2 aliphatic rings. The summed E-state index contributed by atoms with van der Waals surface area (Å²) in [5, 5.41) is 7.57. The van der Waals surface area contributed by atoms with Crippen LogP contribution in [0.15, 0.2) is 10.6 Å². The Kier molecular flexibility index (Phi) is 4.12. The Morgan fingerprint density at radius 2 is 2.09 bits per heavy atom. The number of anilines is 1. The van der Waals surface area contributed by atoms with Crippen LogP contribution in [0.3, 0.4) is 0 Å². The van der Waals surface area contributed by atoms with Crippen molar-refractivity contribution in [3.8, 4) is 0 Å². The molecular formula is C16H25N3O3. The molecule has 0 saturated carbocycles. The van der Waals surface area contributed by atoms with Crippen LogP contribution in [0.2, 0.25) is 0 Å². The lowest BCUT2D eigenvalue weighted by atomic mass is 9.72. The third-order valence-electron chi connectivity index (χ3n) is 4.99. The zero-order valence-corrected chi connectivity index (χ0v) is 13.6. The number of piperidine rings is 1. The molecule has 2 saturated heterocycles. The molecule has 1 aromatic heterocycles. The maximum Gasteiger partial charge on any atom is 0.316 e. The molecule has 22 heavy (non-hydrogen) atoms. The minimum Gasteiger partial charge on any atom is -0.468 e. The fourth-order valence-corrected chi connectivity index (χ4v) is 3.62. The molecule has 1 atom stereocenters. The Morgan fingerprint density at radius 3 is 2.68 bits per heavy atom. The predicted molar refractivity (Wildman–Crippen MR) is 82.8 cm³/mol. The minimum absolute atomic E-state index is 0.111. The molecule has 0 radical (unpaired) electrons. The standard InChI is InChI=1S/C16H25N3O3/c1-11(2)14(15(20)21-3)12-8-13(18-22-12)19-9-16(10-19)4-6-17-7-5-16/h8,11,14,17H,4-7,9-10H2,1-3H3. The average molecular weight is 307 g/mol. The van der Waals surface area contributed by atoms with E-state index in [9.17, 15) is 4.79 Å². The molecule has 3 heterocycles. The van der Waals surface area contributed by atoms with Gasteiger partial charge in [-0.3, -0.25) is 4.79 Å². The fraction of sp³-hybridized carbons (Fsp3) is 0.750. The monoisotopic (exact) mass is 307 g/mol. The molecule has 1 N–H and O–H groups in total. The number of carbonyl (C=O) groups is 1. The van der Waals surface area contributed by atoms with Crippen LogP contribution in [0, 0.1) is 11.3 Å². The van der Waals surface area contributed by atoms with Crippen molar-refractivity contribution in [2.24, 2.45) is 11.3 Å². The maximum absolute atomic E-state index is 11.9. The smallest absolute Gasteiger partial charge is 0.316 e. The Bertz CT molecular complexity index is 526. The van der Waals surface area contributed by atoms with E-state index in [-0.39, 0.29) is 17.8 Å². The van der Waals surface area contributed by atoms with E-state index in [1.54, 1.807) is 0 Å². The van der Waals surface area contributed by atoms with E-state index < -0.39 is 0 Å². The average Bonchev–Trinajstić information content (AvgIpc) is 2.94. The summed E-state index contributed by atoms with van der Waals surface area (Å²) in [6, 6.07) is 1.90. The van der Waals surface area contributed by atoms with Crippen LogP contribution in [0.5, 0.6) is 0 Å². The molecule has 0 amide bonds. The van der Waals surface area contributed by atoms with Crippen LogP contribution in [0.1, 0.15) is 38.4 Å². The fourth-order valence-electron chi connectivity index (χ4n) is 3.62. The Morgan fingerprint density at radius 1 is 1.41 bits per heavy atom. The number of ether oxygens (including phenoxy) is 1. The molecule has 1 unspecified atom stereocenters. The summed E-state index contributed by atoms with van der Waals surface area (Å²) in [5.74, 6) is 0.897. The number of aromatic nitrogens is 1. The van der Waals surface area contributed by atoms with Crippen LogP contribution in [-0.4, -0.2) is 44.4 Å². The van der Waals surface area contributed by atoms with Crippen LogP contribution in [0.25, 0.3) is 0 Å². The van der Waals surface area contributed by atoms with E-state index in [1.165, 1.54) is 20.0 Å². The van der Waals surface area contributed by atoms with Gasteiger partial charge in [0.25, 0.3) is 0 Å². The molecule has 1 spiro atoms. The largest absolute Gasteiger partial charge is 0.468 e. The van der Waals surface area contributed by atoms with Crippen molar-refractivity contribution < 1.29 is 14.1 Å². The first kappa shape index (κ1) is 15.3. The van der Waals surface area contributed by atoms with Gasteiger partial charge in [-0.25, -0.2) is 0 Å². The molecule has 0 aromatic carbocycles. The van der Waals surface area contributed by atoms with Crippen molar-refractivity contribution >= 4 is 11.8 Å². The first-order valence-corrected chi connectivity index (χ1v) is 8.05. The van der Waals surface area contributed by atoms with Crippen molar-refractivity contribution in [2.75, 3.05) is 38.2 Å². The number of carbonyl (C=O) groups excluding carboxylic acids is 1. The second-order valence-corrected chi connectivity index (χ2v) is 6.94. The summed E-state index contributed by atoms with van der Waals surface area (Å²) in [6.45, 7) is 8.25. The molecule has 6 heteroatoms. The normalized spacial score (nSPS) is 21.7.